The number of anilines is 1. The van der Waals surface area contributed by atoms with E-state index in [-0.39, 0.29) is 12.5 Å². The molecule has 1 atom stereocenters. The van der Waals surface area contributed by atoms with E-state index in [0.717, 1.165) is 6.42 Å². The van der Waals surface area contributed by atoms with Crippen LogP contribution >= 0.6 is 0 Å². The second-order valence-corrected chi connectivity index (χ2v) is 4.05. The lowest BCUT2D eigenvalue weighted by Crippen LogP contribution is -2.46. The number of aliphatic carboxylic acids is 1. The fraction of sp³-hybridized carbons (Fsp3) is 0.385. The molecule has 1 rings (SSSR count). The van der Waals surface area contributed by atoms with Crippen molar-refractivity contribution in [3.63, 3.8) is 0 Å². The van der Waals surface area contributed by atoms with E-state index in [0.29, 0.717) is 12.1 Å². The number of benzene rings is 1. The Bertz CT molecular complexity index is 406. The molecule has 3 N–H and O–H groups in total. The predicted octanol–water partition coefficient (Wildman–Crippen LogP) is 1.23. The minimum Gasteiger partial charge on any atom is -0.480 e. The standard InChI is InChI=1S/C13H18N2O3/c1-2-6-11(14)13(18)15(9-12(16)17)10-7-4-3-5-8-10/h3-5,7-8,11H,2,6,9,14H2,1H3,(H,16,17)/t11-/m1/s1. The minimum absolute atomic E-state index is 0.356. The molecule has 1 amide bonds. The van der Waals surface area contributed by atoms with Crippen molar-refractivity contribution in [2.75, 3.05) is 11.4 Å². The van der Waals surface area contributed by atoms with E-state index < -0.39 is 12.0 Å². The van der Waals surface area contributed by atoms with Gasteiger partial charge < -0.3 is 10.8 Å². The SMILES string of the molecule is CCC[C@@H](N)C(=O)N(CC(=O)O)c1ccccc1. The van der Waals surface area contributed by atoms with E-state index in [1.165, 1.54) is 4.90 Å². The van der Waals surface area contributed by atoms with Crippen LogP contribution in [0.4, 0.5) is 5.69 Å². The van der Waals surface area contributed by atoms with E-state index in [1.54, 1.807) is 30.3 Å². The van der Waals surface area contributed by atoms with Crippen LogP contribution < -0.4 is 10.6 Å². The zero-order chi connectivity index (χ0) is 13.5. The third kappa shape index (κ3) is 3.85. The lowest BCUT2D eigenvalue weighted by Gasteiger charge is -2.24. The first-order valence-electron chi connectivity index (χ1n) is 5.90. The van der Waals surface area contributed by atoms with Gasteiger partial charge in [-0.15, -0.1) is 0 Å². The number of carbonyl (C=O) groups is 2. The molecule has 0 saturated heterocycles. The fourth-order valence-electron chi connectivity index (χ4n) is 1.67. The molecule has 0 aliphatic rings. The van der Waals surface area contributed by atoms with Gasteiger partial charge in [-0.2, -0.15) is 0 Å². The van der Waals surface area contributed by atoms with Crippen LogP contribution in [0.3, 0.4) is 0 Å². The number of carboxylic acid groups (broad SMARTS) is 1. The molecule has 0 aliphatic carbocycles. The summed E-state index contributed by atoms with van der Waals surface area (Å²) in [7, 11) is 0. The Labute approximate surface area is 106 Å². The molecule has 5 heteroatoms. The highest BCUT2D eigenvalue weighted by molar-refractivity contribution is 6.00. The summed E-state index contributed by atoms with van der Waals surface area (Å²) >= 11 is 0. The van der Waals surface area contributed by atoms with Gasteiger partial charge in [0.15, 0.2) is 0 Å². The number of hydrogen-bond donors (Lipinski definition) is 2. The van der Waals surface area contributed by atoms with Crippen LogP contribution in [0.15, 0.2) is 30.3 Å². The van der Waals surface area contributed by atoms with Crippen molar-refractivity contribution in [2.45, 2.75) is 25.8 Å². The molecule has 1 aromatic carbocycles. The number of amides is 1. The Morgan fingerprint density at radius 2 is 1.94 bits per heavy atom. The molecule has 1 aromatic rings. The molecule has 5 nitrogen and oxygen atoms in total. The molecule has 0 unspecified atom stereocenters. The van der Waals surface area contributed by atoms with E-state index in [1.807, 2.05) is 6.92 Å². The number of nitrogens with two attached hydrogens (primary N) is 1. The van der Waals surface area contributed by atoms with Gasteiger partial charge in [-0.05, 0) is 18.6 Å². The second kappa shape index (κ2) is 6.76. The molecule has 0 saturated carbocycles. The van der Waals surface area contributed by atoms with Crippen LogP contribution in [-0.4, -0.2) is 29.6 Å². The van der Waals surface area contributed by atoms with E-state index >= 15 is 0 Å². The molecule has 98 valence electrons. The molecule has 0 heterocycles. The van der Waals surface area contributed by atoms with Crippen molar-refractivity contribution in [1.29, 1.82) is 0 Å². The first-order valence-corrected chi connectivity index (χ1v) is 5.90. The summed E-state index contributed by atoms with van der Waals surface area (Å²) in [6, 6.07) is 8.04. The number of carbonyl (C=O) groups excluding carboxylic acids is 1. The van der Waals surface area contributed by atoms with Crippen molar-refractivity contribution in [1.82, 2.24) is 0 Å². The summed E-state index contributed by atoms with van der Waals surface area (Å²) in [5.41, 5.74) is 6.31. The van der Waals surface area contributed by atoms with Crippen LogP contribution in [0.25, 0.3) is 0 Å². The van der Waals surface area contributed by atoms with Gasteiger partial charge in [-0.3, -0.25) is 14.5 Å². The second-order valence-electron chi connectivity index (χ2n) is 4.05. The summed E-state index contributed by atoms with van der Waals surface area (Å²) < 4.78 is 0. The number of carboxylic acids is 1. The molecular weight excluding hydrogens is 232 g/mol. The van der Waals surface area contributed by atoms with Crippen LogP contribution in [-0.2, 0) is 9.59 Å². The molecule has 0 aromatic heterocycles. The number of hydrogen-bond acceptors (Lipinski definition) is 3. The minimum atomic E-state index is -1.06. The Kier molecular flexibility index (Phi) is 5.32. The highest BCUT2D eigenvalue weighted by Gasteiger charge is 2.23. The van der Waals surface area contributed by atoms with Crippen LogP contribution in [0.5, 0.6) is 0 Å². The van der Waals surface area contributed by atoms with Crippen molar-refractivity contribution in [3.05, 3.63) is 30.3 Å². The summed E-state index contributed by atoms with van der Waals surface area (Å²) in [6.45, 7) is 1.55. The molecule has 0 spiro atoms. The smallest absolute Gasteiger partial charge is 0.323 e. The van der Waals surface area contributed by atoms with Crippen molar-refractivity contribution < 1.29 is 14.7 Å². The average Bonchev–Trinajstić information content (AvgIpc) is 2.36. The van der Waals surface area contributed by atoms with Crippen molar-refractivity contribution in [3.8, 4) is 0 Å². The van der Waals surface area contributed by atoms with Crippen LogP contribution in [0.1, 0.15) is 19.8 Å². The molecule has 0 aliphatic heterocycles. The Balaban J connectivity index is 2.91. The molecule has 0 fully saturated rings. The maximum absolute atomic E-state index is 12.1. The number of rotatable bonds is 6. The van der Waals surface area contributed by atoms with E-state index in [2.05, 4.69) is 0 Å². The Morgan fingerprint density at radius 1 is 1.33 bits per heavy atom. The topological polar surface area (TPSA) is 83.6 Å². The third-order valence-electron chi connectivity index (χ3n) is 2.54. The zero-order valence-electron chi connectivity index (χ0n) is 10.4. The van der Waals surface area contributed by atoms with Gasteiger partial charge in [-0.25, -0.2) is 0 Å². The highest BCUT2D eigenvalue weighted by Crippen LogP contribution is 2.15. The van der Waals surface area contributed by atoms with Crippen LogP contribution in [0, 0.1) is 0 Å². The summed E-state index contributed by atoms with van der Waals surface area (Å²) in [6.07, 6.45) is 1.32. The van der Waals surface area contributed by atoms with Gasteiger partial charge in [0, 0.05) is 5.69 Å². The average molecular weight is 250 g/mol. The molecule has 0 bridgehead atoms. The summed E-state index contributed by atoms with van der Waals surface area (Å²) in [4.78, 5) is 24.2. The van der Waals surface area contributed by atoms with E-state index in [9.17, 15) is 9.59 Å². The monoisotopic (exact) mass is 250 g/mol. The lowest BCUT2D eigenvalue weighted by molar-refractivity contribution is -0.136. The largest absolute Gasteiger partial charge is 0.480 e. The normalized spacial score (nSPS) is 11.9. The molecule has 0 radical (unpaired) electrons. The zero-order valence-corrected chi connectivity index (χ0v) is 10.4. The third-order valence-corrected chi connectivity index (χ3v) is 2.54. The van der Waals surface area contributed by atoms with Crippen molar-refractivity contribution >= 4 is 17.6 Å². The summed E-state index contributed by atoms with van der Waals surface area (Å²) in [5.74, 6) is -1.42. The van der Waals surface area contributed by atoms with Gasteiger partial charge in [0.1, 0.15) is 6.54 Å². The van der Waals surface area contributed by atoms with Crippen LogP contribution in [0.2, 0.25) is 0 Å². The number of nitrogens with zero attached hydrogens (tertiary/aromatic N) is 1. The van der Waals surface area contributed by atoms with Gasteiger partial charge >= 0.3 is 5.97 Å². The first kappa shape index (κ1) is 14.2. The molecular formula is C13H18N2O3. The predicted molar refractivity (Wildman–Crippen MR) is 69.3 cm³/mol. The van der Waals surface area contributed by atoms with E-state index in [4.69, 9.17) is 10.8 Å². The quantitative estimate of drug-likeness (QED) is 0.795. The Morgan fingerprint density at radius 3 is 2.44 bits per heavy atom. The Hall–Kier alpha value is -1.88. The van der Waals surface area contributed by atoms with Gasteiger partial charge in [0.25, 0.3) is 0 Å². The molecule has 18 heavy (non-hydrogen) atoms. The van der Waals surface area contributed by atoms with Gasteiger partial charge in [0.05, 0.1) is 6.04 Å². The fourth-order valence-corrected chi connectivity index (χ4v) is 1.67. The summed E-state index contributed by atoms with van der Waals surface area (Å²) in [5, 5.41) is 8.87. The highest BCUT2D eigenvalue weighted by atomic mass is 16.4. The van der Waals surface area contributed by atoms with Gasteiger partial charge in [-0.1, -0.05) is 31.5 Å². The van der Waals surface area contributed by atoms with Crippen molar-refractivity contribution in [2.24, 2.45) is 5.73 Å². The maximum atomic E-state index is 12.1. The maximum Gasteiger partial charge on any atom is 0.323 e. The lowest BCUT2D eigenvalue weighted by atomic mass is 10.1. The number of para-hydroxylation sites is 1. The first-order chi connectivity index (χ1) is 8.56. The van der Waals surface area contributed by atoms with Gasteiger partial charge in [0.2, 0.25) is 5.91 Å².